The van der Waals surface area contributed by atoms with E-state index in [1.165, 1.54) is 17.0 Å². The maximum atomic E-state index is 12.4. The highest BCUT2D eigenvalue weighted by atomic mass is 127. The van der Waals surface area contributed by atoms with Gasteiger partial charge in [-0.05, 0) is 82.4 Å². The SMILES string of the molecule is O=C1SC(=Cc2ccc(O)cc2)C(=O)N1CNc1ccc(I)cc1. The van der Waals surface area contributed by atoms with Crippen molar-refractivity contribution in [1.82, 2.24) is 4.90 Å². The van der Waals surface area contributed by atoms with Crippen LogP contribution < -0.4 is 5.32 Å². The van der Waals surface area contributed by atoms with Crippen LogP contribution in [0.4, 0.5) is 10.5 Å². The zero-order valence-electron chi connectivity index (χ0n) is 12.4. The number of anilines is 1. The smallest absolute Gasteiger partial charge is 0.295 e. The minimum Gasteiger partial charge on any atom is -0.508 e. The monoisotopic (exact) mass is 452 g/mol. The summed E-state index contributed by atoms with van der Waals surface area (Å²) in [5.74, 6) is -0.168. The highest BCUT2D eigenvalue weighted by molar-refractivity contribution is 14.1. The predicted octanol–water partition coefficient (Wildman–Crippen LogP) is 4.10. The Morgan fingerprint density at radius 2 is 1.75 bits per heavy atom. The molecule has 1 fully saturated rings. The standard InChI is InChI=1S/C17H13IN2O3S/c18-12-3-5-13(6-4-12)19-10-20-16(22)15(24-17(20)23)9-11-1-7-14(21)8-2-11/h1-9,19,21H,10H2. The minimum atomic E-state index is -0.323. The molecule has 122 valence electrons. The van der Waals surface area contributed by atoms with Crippen LogP contribution in [0.2, 0.25) is 0 Å². The average molecular weight is 452 g/mol. The Labute approximate surface area is 156 Å². The number of carbonyl (C=O) groups excluding carboxylic acids is 2. The van der Waals surface area contributed by atoms with Crippen molar-refractivity contribution in [2.24, 2.45) is 0 Å². The molecular formula is C17H13IN2O3S. The summed E-state index contributed by atoms with van der Waals surface area (Å²) < 4.78 is 1.11. The fraction of sp³-hybridized carbons (Fsp3) is 0.0588. The van der Waals surface area contributed by atoms with E-state index < -0.39 is 0 Å². The van der Waals surface area contributed by atoms with Crippen molar-refractivity contribution in [3.63, 3.8) is 0 Å². The van der Waals surface area contributed by atoms with Crippen molar-refractivity contribution in [3.8, 4) is 5.75 Å². The van der Waals surface area contributed by atoms with Crippen LogP contribution >= 0.6 is 34.4 Å². The van der Waals surface area contributed by atoms with Crippen molar-refractivity contribution in [1.29, 1.82) is 0 Å². The summed E-state index contributed by atoms with van der Waals surface area (Å²) in [5.41, 5.74) is 1.60. The van der Waals surface area contributed by atoms with Gasteiger partial charge < -0.3 is 10.4 Å². The largest absolute Gasteiger partial charge is 0.508 e. The Kier molecular flexibility index (Phi) is 5.10. The molecule has 2 aromatic rings. The first-order valence-corrected chi connectivity index (χ1v) is 8.96. The summed E-state index contributed by atoms with van der Waals surface area (Å²) in [7, 11) is 0. The van der Waals surface area contributed by atoms with Crippen LogP contribution in [0.1, 0.15) is 5.56 Å². The number of aromatic hydroxyl groups is 1. The quantitative estimate of drug-likeness (QED) is 0.540. The second-order valence-electron chi connectivity index (χ2n) is 5.04. The molecule has 1 saturated heterocycles. The molecule has 0 unspecified atom stereocenters. The van der Waals surface area contributed by atoms with Gasteiger partial charge in [-0.3, -0.25) is 14.5 Å². The molecular weight excluding hydrogens is 439 g/mol. The molecule has 1 heterocycles. The number of hydrogen-bond donors (Lipinski definition) is 2. The first kappa shape index (κ1) is 16.8. The molecule has 3 rings (SSSR count). The number of amides is 2. The lowest BCUT2D eigenvalue weighted by atomic mass is 10.2. The van der Waals surface area contributed by atoms with Gasteiger partial charge in [-0.15, -0.1) is 0 Å². The third-order valence-corrected chi connectivity index (χ3v) is 4.98. The Hall–Kier alpha value is -2.00. The van der Waals surface area contributed by atoms with Gasteiger partial charge in [-0.2, -0.15) is 0 Å². The third kappa shape index (κ3) is 3.90. The molecule has 2 N–H and O–H groups in total. The van der Waals surface area contributed by atoms with Gasteiger partial charge in [0.2, 0.25) is 0 Å². The molecule has 0 spiro atoms. The van der Waals surface area contributed by atoms with Crippen LogP contribution in [0.5, 0.6) is 5.75 Å². The Bertz CT molecular complexity index is 804. The van der Waals surface area contributed by atoms with E-state index >= 15 is 0 Å². The zero-order valence-corrected chi connectivity index (χ0v) is 15.4. The van der Waals surface area contributed by atoms with Crippen LogP contribution in [0, 0.1) is 3.57 Å². The number of halogens is 1. The summed E-state index contributed by atoms with van der Waals surface area (Å²) in [6.45, 7) is 0.123. The van der Waals surface area contributed by atoms with Crippen molar-refractivity contribution in [2.45, 2.75) is 0 Å². The van der Waals surface area contributed by atoms with Gasteiger partial charge in [0.25, 0.3) is 11.1 Å². The molecule has 0 aromatic heterocycles. The fourth-order valence-corrected chi connectivity index (χ4v) is 3.29. The highest BCUT2D eigenvalue weighted by Gasteiger charge is 2.34. The topological polar surface area (TPSA) is 69.6 Å². The molecule has 1 aliphatic rings. The maximum absolute atomic E-state index is 12.4. The summed E-state index contributed by atoms with van der Waals surface area (Å²) in [4.78, 5) is 26.0. The first-order chi connectivity index (χ1) is 11.5. The molecule has 0 aliphatic carbocycles. The Balaban J connectivity index is 1.69. The van der Waals surface area contributed by atoms with Crippen molar-refractivity contribution in [2.75, 3.05) is 12.0 Å². The van der Waals surface area contributed by atoms with E-state index in [0.29, 0.717) is 4.91 Å². The summed E-state index contributed by atoms with van der Waals surface area (Å²) in [6.07, 6.45) is 1.65. The van der Waals surface area contributed by atoms with Gasteiger partial charge in [0.05, 0.1) is 11.6 Å². The molecule has 0 atom stereocenters. The normalized spacial score (nSPS) is 16.0. The van der Waals surface area contributed by atoms with E-state index in [2.05, 4.69) is 27.9 Å². The van der Waals surface area contributed by atoms with Gasteiger partial charge in [-0.25, -0.2) is 0 Å². The lowest BCUT2D eigenvalue weighted by Gasteiger charge is -2.14. The van der Waals surface area contributed by atoms with Gasteiger partial charge in [-0.1, -0.05) is 12.1 Å². The molecule has 7 heteroatoms. The minimum absolute atomic E-state index is 0.123. The van der Waals surface area contributed by atoms with Gasteiger partial charge >= 0.3 is 0 Å². The lowest BCUT2D eigenvalue weighted by molar-refractivity contribution is -0.122. The zero-order chi connectivity index (χ0) is 17.1. The summed E-state index contributed by atoms with van der Waals surface area (Å²) in [5, 5.41) is 12.1. The van der Waals surface area contributed by atoms with Crippen molar-refractivity contribution >= 4 is 57.3 Å². The molecule has 2 aromatic carbocycles. The molecule has 2 amide bonds. The second-order valence-corrected chi connectivity index (χ2v) is 7.28. The third-order valence-electron chi connectivity index (χ3n) is 3.35. The van der Waals surface area contributed by atoms with E-state index in [-0.39, 0.29) is 23.6 Å². The fourth-order valence-electron chi connectivity index (χ4n) is 2.10. The maximum Gasteiger partial charge on any atom is 0.295 e. The number of carbonyl (C=O) groups is 2. The number of imide groups is 1. The number of nitrogens with zero attached hydrogens (tertiary/aromatic N) is 1. The Morgan fingerprint density at radius 1 is 1.08 bits per heavy atom. The van der Waals surface area contributed by atoms with Gasteiger partial charge in [0, 0.05) is 9.26 Å². The van der Waals surface area contributed by atoms with Crippen molar-refractivity contribution in [3.05, 3.63) is 62.6 Å². The molecule has 0 bridgehead atoms. The first-order valence-electron chi connectivity index (χ1n) is 7.07. The van der Waals surface area contributed by atoms with E-state index in [1.807, 2.05) is 24.3 Å². The van der Waals surface area contributed by atoms with Crippen molar-refractivity contribution < 1.29 is 14.7 Å². The molecule has 0 saturated carbocycles. The number of thioether (sulfide) groups is 1. The van der Waals surface area contributed by atoms with E-state index in [4.69, 9.17) is 0 Å². The van der Waals surface area contributed by atoms with Crippen LogP contribution in [0.15, 0.2) is 53.4 Å². The van der Waals surface area contributed by atoms with Crippen LogP contribution in [0.3, 0.4) is 0 Å². The molecule has 0 radical (unpaired) electrons. The van der Waals surface area contributed by atoms with E-state index in [0.717, 1.165) is 26.6 Å². The van der Waals surface area contributed by atoms with Crippen LogP contribution in [-0.2, 0) is 4.79 Å². The highest BCUT2D eigenvalue weighted by Crippen LogP contribution is 2.32. The summed E-state index contributed by atoms with van der Waals surface area (Å²) >= 11 is 3.12. The van der Waals surface area contributed by atoms with Crippen LogP contribution in [0.25, 0.3) is 6.08 Å². The van der Waals surface area contributed by atoms with E-state index in [9.17, 15) is 14.7 Å². The van der Waals surface area contributed by atoms with Gasteiger partial charge in [0.1, 0.15) is 5.75 Å². The molecule has 1 aliphatic heterocycles. The molecule has 24 heavy (non-hydrogen) atoms. The summed E-state index contributed by atoms with van der Waals surface area (Å²) in [6, 6.07) is 14.1. The number of nitrogens with one attached hydrogen (secondary N) is 1. The lowest BCUT2D eigenvalue weighted by Crippen LogP contribution is -2.33. The predicted molar refractivity (Wildman–Crippen MR) is 104 cm³/mol. The van der Waals surface area contributed by atoms with Crippen LogP contribution in [-0.4, -0.2) is 27.8 Å². The molecule has 5 nitrogen and oxygen atoms in total. The average Bonchev–Trinajstić information content (AvgIpc) is 2.83. The second kappa shape index (κ2) is 7.27. The van der Waals surface area contributed by atoms with E-state index in [1.54, 1.807) is 18.2 Å². The number of rotatable bonds is 4. The number of hydrogen-bond acceptors (Lipinski definition) is 5. The van der Waals surface area contributed by atoms with Gasteiger partial charge in [0.15, 0.2) is 0 Å². The number of phenolic OH excluding ortho intramolecular Hbond substituents is 1. The Morgan fingerprint density at radius 3 is 2.42 bits per heavy atom. The number of phenols is 1. The number of benzene rings is 2.